The maximum Gasteiger partial charge on any atom is 0.180 e. The molecule has 0 aromatic heterocycles. The molecule has 74 valence electrons. The summed E-state index contributed by atoms with van der Waals surface area (Å²) in [5.74, 6) is 0. The van der Waals surface area contributed by atoms with Gasteiger partial charge in [0.05, 0.1) is 6.21 Å². The lowest BCUT2D eigenvalue weighted by atomic mass is 10.2. The van der Waals surface area contributed by atoms with Gasteiger partial charge in [-0.1, -0.05) is 41.6 Å². The Kier molecular flexibility index (Phi) is 4.19. The van der Waals surface area contributed by atoms with Crippen LogP contribution in [0.1, 0.15) is 11.1 Å². The molecular formula is C10H13N3S. The molecule has 0 radical (unpaired) electrons. The number of nitrogens with zero attached hydrogens (tertiary/aromatic N) is 2. The second-order valence-corrected chi connectivity index (χ2v) is 3.62. The van der Waals surface area contributed by atoms with Crippen molar-refractivity contribution in [3.8, 4) is 0 Å². The number of hydrogen-bond acceptors (Lipinski definition) is 3. The van der Waals surface area contributed by atoms with Gasteiger partial charge < -0.3 is 5.73 Å². The summed E-state index contributed by atoms with van der Waals surface area (Å²) in [6.07, 6.45) is 3.54. The number of amidine groups is 1. The first-order valence-electron chi connectivity index (χ1n) is 4.19. The number of nitrogens with two attached hydrogens (primary N) is 1. The summed E-state index contributed by atoms with van der Waals surface area (Å²) >= 11 is 1.38. The molecule has 0 aliphatic heterocycles. The SMILES string of the molecule is CS/C(N)=N/N=C\c1ccc(C)cc1. The molecule has 3 nitrogen and oxygen atoms in total. The van der Waals surface area contributed by atoms with Gasteiger partial charge in [0.25, 0.3) is 0 Å². The zero-order valence-electron chi connectivity index (χ0n) is 8.27. The van der Waals surface area contributed by atoms with Crippen LogP contribution in [0.3, 0.4) is 0 Å². The van der Waals surface area contributed by atoms with Crippen LogP contribution in [0, 0.1) is 6.92 Å². The van der Waals surface area contributed by atoms with Crippen molar-refractivity contribution in [3.63, 3.8) is 0 Å². The maximum absolute atomic E-state index is 5.46. The van der Waals surface area contributed by atoms with Crippen LogP contribution in [0.25, 0.3) is 0 Å². The van der Waals surface area contributed by atoms with Crippen LogP contribution in [0.15, 0.2) is 34.5 Å². The van der Waals surface area contributed by atoms with Crippen LogP contribution in [-0.4, -0.2) is 17.6 Å². The van der Waals surface area contributed by atoms with Crippen LogP contribution in [0.2, 0.25) is 0 Å². The van der Waals surface area contributed by atoms with Gasteiger partial charge in [-0.25, -0.2) is 0 Å². The Labute approximate surface area is 88.1 Å². The quantitative estimate of drug-likeness (QED) is 0.458. The van der Waals surface area contributed by atoms with E-state index in [4.69, 9.17) is 5.73 Å². The van der Waals surface area contributed by atoms with E-state index < -0.39 is 0 Å². The summed E-state index contributed by atoms with van der Waals surface area (Å²) in [4.78, 5) is 0. The van der Waals surface area contributed by atoms with Crippen molar-refractivity contribution < 1.29 is 0 Å². The van der Waals surface area contributed by atoms with E-state index in [-0.39, 0.29) is 0 Å². The number of rotatable bonds is 2. The molecule has 14 heavy (non-hydrogen) atoms. The summed E-state index contributed by atoms with van der Waals surface area (Å²) in [5.41, 5.74) is 7.71. The second kappa shape index (κ2) is 5.44. The Morgan fingerprint density at radius 2 is 2.00 bits per heavy atom. The molecule has 0 unspecified atom stereocenters. The molecule has 2 N–H and O–H groups in total. The van der Waals surface area contributed by atoms with E-state index in [0.29, 0.717) is 5.17 Å². The molecule has 1 aromatic rings. The molecule has 0 atom stereocenters. The summed E-state index contributed by atoms with van der Waals surface area (Å²) in [6, 6.07) is 8.04. The molecule has 4 heteroatoms. The lowest BCUT2D eigenvalue weighted by Crippen LogP contribution is -2.03. The topological polar surface area (TPSA) is 50.7 Å². The molecule has 0 amide bonds. The highest BCUT2D eigenvalue weighted by Gasteiger charge is 1.87. The van der Waals surface area contributed by atoms with E-state index in [2.05, 4.69) is 10.2 Å². The first kappa shape index (κ1) is 10.8. The van der Waals surface area contributed by atoms with Crippen molar-refractivity contribution >= 4 is 23.1 Å². The molecule has 0 aliphatic carbocycles. The van der Waals surface area contributed by atoms with E-state index in [1.807, 2.05) is 37.4 Å². The molecule has 0 spiro atoms. The average molecular weight is 207 g/mol. The molecule has 0 bridgehead atoms. The number of aryl methyl sites for hydroxylation is 1. The van der Waals surface area contributed by atoms with Gasteiger partial charge in [0.15, 0.2) is 5.17 Å². The summed E-state index contributed by atoms with van der Waals surface area (Å²) in [7, 11) is 0. The molecular weight excluding hydrogens is 194 g/mol. The van der Waals surface area contributed by atoms with E-state index in [1.54, 1.807) is 6.21 Å². The second-order valence-electron chi connectivity index (χ2n) is 2.80. The molecule has 1 aromatic carbocycles. The smallest absolute Gasteiger partial charge is 0.180 e. The Bertz CT molecular complexity index is 341. The third kappa shape index (κ3) is 3.62. The lowest BCUT2D eigenvalue weighted by Gasteiger charge is -1.92. The van der Waals surface area contributed by atoms with Gasteiger partial charge in [-0.3, -0.25) is 0 Å². The number of benzene rings is 1. The van der Waals surface area contributed by atoms with Crippen molar-refractivity contribution in [2.24, 2.45) is 15.9 Å². The van der Waals surface area contributed by atoms with Crippen molar-refractivity contribution in [2.75, 3.05) is 6.26 Å². The number of hydrogen-bond donors (Lipinski definition) is 1. The Balaban J connectivity index is 2.65. The van der Waals surface area contributed by atoms with Crippen LogP contribution >= 0.6 is 11.8 Å². The standard InChI is InChI=1S/C10H13N3S/c1-8-3-5-9(6-4-8)7-12-13-10(11)14-2/h3-7H,1-2H3,(H2,11,13)/b12-7-. The van der Waals surface area contributed by atoms with Crippen molar-refractivity contribution in [1.29, 1.82) is 0 Å². The molecule has 0 saturated carbocycles. The minimum absolute atomic E-state index is 0.466. The highest BCUT2D eigenvalue weighted by atomic mass is 32.2. The van der Waals surface area contributed by atoms with Gasteiger partial charge in [0.1, 0.15) is 0 Å². The van der Waals surface area contributed by atoms with E-state index in [9.17, 15) is 0 Å². The first-order chi connectivity index (χ1) is 6.72. The van der Waals surface area contributed by atoms with Gasteiger partial charge in [-0.15, -0.1) is 5.10 Å². The predicted octanol–water partition coefficient (Wildman–Crippen LogP) is 2.01. The van der Waals surface area contributed by atoms with Gasteiger partial charge in [-0.2, -0.15) is 5.10 Å². The highest BCUT2D eigenvalue weighted by molar-refractivity contribution is 8.13. The summed E-state index contributed by atoms with van der Waals surface area (Å²) in [6.45, 7) is 2.05. The minimum Gasteiger partial charge on any atom is -0.377 e. The van der Waals surface area contributed by atoms with Crippen LogP contribution in [0.4, 0.5) is 0 Å². The maximum atomic E-state index is 5.46. The fraction of sp³-hybridized carbons (Fsp3) is 0.200. The fourth-order valence-electron chi connectivity index (χ4n) is 0.846. The first-order valence-corrected chi connectivity index (χ1v) is 5.42. The van der Waals surface area contributed by atoms with Crippen molar-refractivity contribution in [3.05, 3.63) is 35.4 Å². The molecule has 0 heterocycles. The largest absolute Gasteiger partial charge is 0.377 e. The summed E-state index contributed by atoms with van der Waals surface area (Å²) in [5, 5.41) is 8.11. The number of thioether (sulfide) groups is 1. The zero-order chi connectivity index (χ0) is 10.4. The van der Waals surface area contributed by atoms with Gasteiger partial charge in [0, 0.05) is 0 Å². The Morgan fingerprint density at radius 3 is 2.57 bits per heavy atom. The average Bonchev–Trinajstić information content (AvgIpc) is 2.21. The monoisotopic (exact) mass is 207 g/mol. The minimum atomic E-state index is 0.466. The van der Waals surface area contributed by atoms with Gasteiger partial charge in [-0.05, 0) is 18.7 Å². The highest BCUT2D eigenvalue weighted by Crippen LogP contribution is 2.00. The van der Waals surface area contributed by atoms with Crippen LogP contribution in [-0.2, 0) is 0 Å². The van der Waals surface area contributed by atoms with Gasteiger partial charge in [0.2, 0.25) is 0 Å². The molecule has 0 aliphatic rings. The summed E-state index contributed by atoms with van der Waals surface area (Å²) < 4.78 is 0. The third-order valence-corrected chi connectivity index (χ3v) is 2.15. The van der Waals surface area contributed by atoms with Crippen LogP contribution in [0.5, 0.6) is 0 Å². The predicted molar refractivity (Wildman–Crippen MR) is 63.9 cm³/mol. The Hall–Kier alpha value is -1.29. The van der Waals surface area contributed by atoms with E-state index in [1.165, 1.54) is 17.3 Å². The normalized spacial score (nSPS) is 12.3. The Morgan fingerprint density at radius 1 is 1.36 bits per heavy atom. The lowest BCUT2D eigenvalue weighted by molar-refractivity contribution is 1.25. The molecule has 0 saturated heterocycles. The van der Waals surface area contributed by atoms with E-state index >= 15 is 0 Å². The molecule has 1 rings (SSSR count). The zero-order valence-corrected chi connectivity index (χ0v) is 9.08. The fourth-order valence-corrected chi connectivity index (χ4v) is 0.975. The third-order valence-electron chi connectivity index (χ3n) is 1.65. The molecule has 0 fully saturated rings. The van der Waals surface area contributed by atoms with E-state index in [0.717, 1.165) is 5.56 Å². The van der Waals surface area contributed by atoms with Crippen LogP contribution < -0.4 is 5.73 Å². The van der Waals surface area contributed by atoms with Crippen molar-refractivity contribution in [2.45, 2.75) is 6.92 Å². The van der Waals surface area contributed by atoms with Crippen molar-refractivity contribution in [1.82, 2.24) is 0 Å². The van der Waals surface area contributed by atoms with Gasteiger partial charge >= 0.3 is 0 Å².